The maximum absolute atomic E-state index is 15.3. The van der Waals surface area contributed by atoms with Crippen LogP contribution in [0.4, 0.5) is 5.69 Å². The van der Waals surface area contributed by atoms with Gasteiger partial charge in [-0.15, -0.1) is 0 Å². The Labute approximate surface area is 393 Å². The molecule has 3 unspecified atom stereocenters. The molecule has 0 radical (unpaired) electrons. The number of nitrogens with zero attached hydrogens (tertiary/aromatic N) is 4. The standard InChI is InChI=1S/C54H59N5O7S/c1-5-40-36-53(52(63)64,56-67(65,66)47-33-23-32-45(41-24-13-8-14-25-41)51(47)59(48(61)6-2)49(62)7-3)57(34-21-12-22-35-60)37-46(40)50-39(4)58(38-55-50)54(42-26-15-9-16-27-42,43-28-17-10-18-29-43)44-30-19-11-20-31-44/h8-11,13-20,23-33,35,38,40,46,56H,5-7,12,21-22,34,36-37H2,1-4H3,(H,63,64). The Hall–Kier alpha value is -6.54. The van der Waals surface area contributed by atoms with E-state index < -0.39 is 43.9 Å². The molecule has 0 saturated carbocycles. The highest BCUT2D eigenvalue weighted by Crippen LogP contribution is 2.47. The molecule has 6 aromatic rings. The molecule has 1 aromatic heterocycles. The maximum atomic E-state index is 15.3. The Morgan fingerprint density at radius 1 is 0.791 bits per heavy atom. The molecule has 0 bridgehead atoms. The largest absolute Gasteiger partial charge is 0.479 e. The first-order valence-corrected chi connectivity index (χ1v) is 24.6. The number of rotatable bonds is 19. The van der Waals surface area contributed by atoms with Crippen molar-refractivity contribution in [3.8, 4) is 11.1 Å². The first kappa shape index (κ1) is 48.4. The summed E-state index contributed by atoms with van der Waals surface area (Å²) in [6.07, 6.45) is 3.98. The second kappa shape index (κ2) is 21.0. The molecule has 2 N–H and O–H groups in total. The fourth-order valence-electron chi connectivity index (χ4n) is 10.00. The summed E-state index contributed by atoms with van der Waals surface area (Å²) < 4.78 is 35.4. The van der Waals surface area contributed by atoms with Crippen molar-refractivity contribution in [2.75, 3.05) is 18.0 Å². The number of carbonyl (C=O) groups is 4. The quantitative estimate of drug-likeness (QED) is 0.0459. The fourth-order valence-corrected chi connectivity index (χ4v) is 11.6. The van der Waals surface area contributed by atoms with Gasteiger partial charge in [0.25, 0.3) is 0 Å². The van der Waals surface area contributed by atoms with Gasteiger partial charge in [0.2, 0.25) is 21.8 Å². The van der Waals surface area contributed by atoms with Gasteiger partial charge in [-0.05, 0) is 60.4 Å². The number of piperidine rings is 1. The number of aromatic nitrogens is 2. The number of carboxylic acid groups (broad SMARTS) is 1. The zero-order valence-corrected chi connectivity index (χ0v) is 39.4. The number of hydrogen-bond donors (Lipinski definition) is 2. The van der Waals surface area contributed by atoms with Gasteiger partial charge in [0.1, 0.15) is 16.7 Å². The van der Waals surface area contributed by atoms with Gasteiger partial charge in [-0.25, -0.2) is 23.1 Å². The van der Waals surface area contributed by atoms with Crippen LogP contribution in [0.15, 0.2) is 151 Å². The third kappa shape index (κ3) is 9.28. The predicted octanol–water partition coefficient (Wildman–Crippen LogP) is 9.32. The van der Waals surface area contributed by atoms with Gasteiger partial charge in [0.15, 0.2) is 5.66 Å². The van der Waals surface area contributed by atoms with Gasteiger partial charge in [-0.1, -0.05) is 161 Å². The molecule has 1 aliphatic rings. The van der Waals surface area contributed by atoms with E-state index in [0.717, 1.165) is 39.3 Å². The molecular formula is C54H59N5O7S. The summed E-state index contributed by atoms with van der Waals surface area (Å²) in [5.74, 6) is -3.33. The van der Waals surface area contributed by atoms with Crippen LogP contribution in [0.25, 0.3) is 11.1 Å². The van der Waals surface area contributed by atoms with E-state index in [2.05, 4.69) is 45.7 Å². The lowest BCUT2D eigenvalue weighted by Crippen LogP contribution is -2.69. The van der Waals surface area contributed by atoms with Gasteiger partial charge in [-0.3, -0.25) is 14.5 Å². The molecular weight excluding hydrogens is 863 g/mol. The summed E-state index contributed by atoms with van der Waals surface area (Å²) in [5, 5.41) is 11.5. The molecule has 3 atom stereocenters. The maximum Gasteiger partial charge on any atom is 0.340 e. The van der Waals surface area contributed by atoms with Gasteiger partial charge in [0, 0.05) is 49.5 Å². The Morgan fingerprint density at radius 2 is 1.33 bits per heavy atom. The highest BCUT2D eigenvalue weighted by molar-refractivity contribution is 7.89. The number of aliphatic carboxylic acids is 1. The number of anilines is 1. The lowest BCUT2D eigenvalue weighted by atomic mass is 9.74. The molecule has 12 nitrogen and oxygen atoms in total. The normalized spacial score (nSPS) is 17.7. The molecule has 13 heteroatoms. The lowest BCUT2D eigenvalue weighted by molar-refractivity contribution is -0.158. The molecule has 67 heavy (non-hydrogen) atoms. The number of unbranched alkanes of at least 4 members (excludes halogenated alkanes) is 2. The van der Waals surface area contributed by atoms with Crippen molar-refractivity contribution in [3.63, 3.8) is 0 Å². The molecule has 1 aliphatic heterocycles. The van der Waals surface area contributed by atoms with E-state index in [1.165, 1.54) is 12.1 Å². The number of aldehydes is 1. The minimum Gasteiger partial charge on any atom is -0.479 e. The van der Waals surface area contributed by atoms with E-state index in [-0.39, 0.29) is 56.3 Å². The average Bonchev–Trinajstić information content (AvgIpc) is 3.74. The van der Waals surface area contributed by atoms with Crippen LogP contribution in [-0.4, -0.2) is 70.8 Å². The number of benzene rings is 5. The van der Waals surface area contributed by atoms with E-state index in [0.29, 0.717) is 30.4 Å². The SMILES string of the molecule is CCC(=O)N(C(=O)CC)c1c(-c2ccccc2)cccc1S(=O)(=O)NC1(C(=O)O)CC(CC)C(c2ncn(C(c3ccccc3)(c3ccccc3)c3ccccc3)c2C)CN1CCCCC=O. The number of hydrogen-bond acceptors (Lipinski definition) is 8. The van der Waals surface area contributed by atoms with Crippen LogP contribution < -0.4 is 9.62 Å². The minimum absolute atomic E-state index is 0.0900. The Morgan fingerprint density at radius 3 is 1.82 bits per heavy atom. The number of carbonyl (C=O) groups excluding carboxylic acids is 3. The number of nitrogens with one attached hydrogen (secondary N) is 1. The van der Waals surface area contributed by atoms with Crippen LogP contribution in [-0.2, 0) is 34.7 Å². The van der Waals surface area contributed by atoms with Gasteiger partial charge < -0.3 is 14.5 Å². The van der Waals surface area contributed by atoms with E-state index in [9.17, 15) is 24.3 Å². The number of amides is 2. The number of imidazole rings is 1. The van der Waals surface area contributed by atoms with Crippen molar-refractivity contribution in [1.29, 1.82) is 0 Å². The predicted molar refractivity (Wildman–Crippen MR) is 260 cm³/mol. The molecule has 0 spiro atoms. The van der Waals surface area contributed by atoms with Crippen molar-refractivity contribution >= 4 is 39.8 Å². The molecule has 5 aromatic carbocycles. The third-order valence-electron chi connectivity index (χ3n) is 13.3. The molecule has 2 heterocycles. The molecule has 7 rings (SSSR count). The van der Waals surface area contributed by atoms with Crippen molar-refractivity contribution in [2.45, 2.75) is 94.7 Å². The Balaban J connectivity index is 1.38. The van der Waals surface area contributed by atoms with E-state index >= 15 is 8.42 Å². The van der Waals surface area contributed by atoms with Crippen LogP contribution in [0, 0.1) is 12.8 Å². The summed E-state index contributed by atoms with van der Waals surface area (Å²) in [5.41, 5.74) is 2.39. The highest BCUT2D eigenvalue weighted by Gasteiger charge is 2.55. The van der Waals surface area contributed by atoms with Crippen molar-refractivity contribution in [2.24, 2.45) is 5.92 Å². The second-order valence-electron chi connectivity index (χ2n) is 17.1. The topological polar surface area (TPSA) is 159 Å². The zero-order chi connectivity index (χ0) is 47.8. The smallest absolute Gasteiger partial charge is 0.340 e. The minimum atomic E-state index is -4.84. The van der Waals surface area contributed by atoms with Crippen LogP contribution in [0.5, 0.6) is 0 Å². The van der Waals surface area contributed by atoms with Crippen LogP contribution in [0.3, 0.4) is 0 Å². The number of imide groups is 1. The second-order valence-corrected chi connectivity index (χ2v) is 18.8. The highest BCUT2D eigenvalue weighted by atomic mass is 32.2. The Bertz CT molecular complexity index is 2670. The van der Waals surface area contributed by atoms with Crippen LogP contribution in [0.1, 0.15) is 99.7 Å². The average molecular weight is 922 g/mol. The van der Waals surface area contributed by atoms with Crippen LogP contribution >= 0.6 is 0 Å². The fraction of sp³-hybridized carbons (Fsp3) is 0.315. The molecule has 1 fully saturated rings. The third-order valence-corrected chi connectivity index (χ3v) is 14.8. The lowest BCUT2D eigenvalue weighted by Gasteiger charge is -2.50. The van der Waals surface area contributed by atoms with Gasteiger partial charge in [-0.2, -0.15) is 4.72 Å². The summed E-state index contributed by atoms with van der Waals surface area (Å²) in [6, 6.07) is 44.1. The van der Waals surface area contributed by atoms with Crippen molar-refractivity contribution < 1.29 is 32.7 Å². The first-order valence-electron chi connectivity index (χ1n) is 23.1. The summed E-state index contributed by atoms with van der Waals surface area (Å²) in [4.78, 5) is 60.4. The first-order chi connectivity index (χ1) is 32.4. The number of sulfonamides is 1. The van der Waals surface area contributed by atoms with Crippen LogP contribution in [0.2, 0.25) is 0 Å². The monoisotopic (exact) mass is 921 g/mol. The van der Waals surface area contributed by atoms with E-state index in [1.54, 1.807) is 55.1 Å². The summed E-state index contributed by atoms with van der Waals surface area (Å²) in [7, 11) is -4.84. The number of para-hydroxylation sites is 1. The summed E-state index contributed by atoms with van der Waals surface area (Å²) >= 11 is 0. The van der Waals surface area contributed by atoms with Crippen molar-refractivity contribution in [3.05, 3.63) is 174 Å². The zero-order valence-electron chi connectivity index (χ0n) is 38.5. The van der Waals surface area contributed by atoms with Crippen molar-refractivity contribution in [1.82, 2.24) is 19.2 Å². The molecule has 348 valence electrons. The molecule has 1 saturated heterocycles. The van der Waals surface area contributed by atoms with E-state index in [1.807, 2.05) is 74.8 Å². The molecule has 0 aliphatic carbocycles. The van der Waals surface area contributed by atoms with Gasteiger partial charge >= 0.3 is 5.97 Å². The molecule has 2 amide bonds. The number of likely N-dealkylation sites (tertiary alicyclic amines) is 1. The van der Waals surface area contributed by atoms with E-state index in [4.69, 9.17) is 4.98 Å². The number of carboxylic acids is 1. The Kier molecular flexibility index (Phi) is 15.1. The van der Waals surface area contributed by atoms with Gasteiger partial charge in [0.05, 0.1) is 17.7 Å². The summed E-state index contributed by atoms with van der Waals surface area (Å²) in [6.45, 7) is 7.46.